The third kappa shape index (κ3) is 7.02. The maximum absolute atomic E-state index is 13.7. The average molecular weight is 594 g/mol. The molecule has 1 aliphatic heterocycles. The highest BCUT2D eigenvalue weighted by Crippen LogP contribution is 2.39. The number of nitrogens with zero attached hydrogens (tertiary/aromatic N) is 4. The number of halogens is 4. The zero-order chi connectivity index (χ0) is 29.2. The van der Waals surface area contributed by atoms with Gasteiger partial charge in [-0.3, -0.25) is 4.90 Å². The summed E-state index contributed by atoms with van der Waals surface area (Å²) >= 11 is 6.32. The van der Waals surface area contributed by atoms with Gasteiger partial charge < -0.3 is 10.1 Å². The van der Waals surface area contributed by atoms with Crippen LogP contribution in [0.4, 0.5) is 19.1 Å². The number of rotatable bonds is 7. The maximum atomic E-state index is 13.7. The van der Waals surface area contributed by atoms with Crippen LogP contribution in [0.1, 0.15) is 40.7 Å². The molecule has 0 amide bonds. The van der Waals surface area contributed by atoms with Crippen molar-refractivity contribution in [3.8, 4) is 17.7 Å². The number of hydrogen-bond donors (Lipinski definition) is 1. The van der Waals surface area contributed by atoms with Crippen molar-refractivity contribution in [1.29, 1.82) is 5.26 Å². The molecule has 0 bridgehead atoms. The molecule has 1 N–H and O–H groups in total. The molecular weight excluding hydrogens is 567 g/mol. The van der Waals surface area contributed by atoms with E-state index in [4.69, 9.17) is 21.6 Å². The standard InChI is InChI=1S/C27H27ClF3N5O3S/c1-16-10-18(13-32)11-17(2)24(16)39-25-22(27(29,30)31)14-33-26(35-25)34-20-6-8-36(9-7-20)15-19-4-5-21(12-23(19)28)40(3,37)38/h4-5,10-12,14,20H,6-9,15H2,1-3H3,(H,33,34,35). The summed E-state index contributed by atoms with van der Waals surface area (Å²) in [6, 6.07) is 9.70. The Hall–Kier alpha value is -3.40. The minimum Gasteiger partial charge on any atom is -0.438 e. The second-order valence-electron chi connectivity index (χ2n) is 9.78. The fraction of sp³-hybridized carbons (Fsp3) is 0.370. The van der Waals surface area contributed by atoms with E-state index >= 15 is 0 Å². The van der Waals surface area contributed by atoms with E-state index in [0.29, 0.717) is 60.4 Å². The Balaban J connectivity index is 1.45. The molecule has 212 valence electrons. The number of ether oxygens (including phenoxy) is 1. The van der Waals surface area contributed by atoms with Crippen LogP contribution in [0.15, 0.2) is 41.4 Å². The van der Waals surface area contributed by atoms with Gasteiger partial charge in [0.1, 0.15) is 11.3 Å². The molecule has 3 aromatic rings. The molecule has 40 heavy (non-hydrogen) atoms. The van der Waals surface area contributed by atoms with Crippen molar-refractivity contribution in [2.45, 2.75) is 50.3 Å². The molecule has 0 aliphatic carbocycles. The number of piperidine rings is 1. The summed E-state index contributed by atoms with van der Waals surface area (Å²) in [5, 5.41) is 12.6. The van der Waals surface area contributed by atoms with Crippen molar-refractivity contribution in [3.63, 3.8) is 0 Å². The Kier molecular flexibility index (Phi) is 8.58. The van der Waals surface area contributed by atoms with Crippen molar-refractivity contribution in [3.05, 3.63) is 69.4 Å². The van der Waals surface area contributed by atoms with Gasteiger partial charge in [-0.05, 0) is 67.6 Å². The molecule has 1 saturated heterocycles. The van der Waals surface area contributed by atoms with Crippen LogP contribution in [0.5, 0.6) is 11.6 Å². The van der Waals surface area contributed by atoms with Crippen LogP contribution in [0.25, 0.3) is 0 Å². The number of sulfone groups is 1. The number of aryl methyl sites for hydroxylation is 2. The van der Waals surface area contributed by atoms with E-state index in [-0.39, 0.29) is 22.6 Å². The van der Waals surface area contributed by atoms with Crippen LogP contribution in [-0.4, -0.2) is 48.7 Å². The molecular formula is C27H27ClF3N5O3S. The SMILES string of the molecule is Cc1cc(C#N)cc(C)c1Oc1nc(NC2CCN(Cc3ccc(S(C)(=O)=O)cc3Cl)CC2)ncc1C(F)(F)F. The number of benzene rings is 2. The maximum Gasteiger partial charge on any atom is 0.423 e. The number of hydrogen-bond acceptors (Lipinski definition) is 8. The summed E-state index contributed by atoms with van der Waals surface area (Å²) in [5.41, 5.74) is 1.10. The summed E-state index contributed by atoms with van der Waals surface area (Å²) in [7, 11) is -3.35. The van der Waals surface area contributed by atoms with E-state index in [0.717, 1.165) is 11.8 Å². The minimum absolute atomic E-state index is 0.0183. The summed E-state index contributed by atoms with van der Waals surface area (Å²) in [6.07, 6.45) is -1.55. The second kappa shape index (κ2) is 11.6. The lowest BCUT2D eigenvalue weighted by Crippen LogP contribution is -2.39. The van der Waals surface area contributed by atoms with E-state index in [2.05, 4.69) is 20.2 Å². The zero-order valence-corrected chi connectivity index (χ0v) is 23.6. The highest BCUT2D eigenvalue weighted by molar-refractivity contribution is 7.90. The Morgan fingerprint density at radius 1 is 1.18 bits per heavy atom. The molecule has 0 unspecified atom stereocenters. The predicted molar refractivity (Wildman–Crippen MR) is 144 cm³/mol. The first-order valence-corrected chi connectivity index (χ1v) is 14.6. The lowest BCUT2D eigenvalue weighted by molar-refractivity contribution is -0.139. The summed E-state index contributed by atoms with van der Waals surface area (Å²) in [5.74, 6) is -0.402. The van der Waals surface area contributed by atoms with Crippen molar-refractivity contribution in [2.24, 2.45) is 0 Å². The summed E-state index contributed by atoms with van der Waals surface area (Å²) in [6.45, 7) is 5.19. The first-order chi connectivity index (χ1) is 18.7. The molecule has 13 heteroatoms. The Morgan fingerprint density at radius 3 is 2.38 bits per heavy atom. The smallest absolute Gasteiger partial charge is 0.423 e. The molecule has 0 saturated carbocycles. The van der Waals surface area contributed by atoms with Gasteiger partial charge in [-0.1, -0.05) is 17.7 Å². The predicted octanol–water partition coefficient (Wildman–Crippen LogP) is 5.91. The van der Waals surface area contributed by atoms with Crippen molar-refractivity contribution >= 4 is 27.4 Å². The molecule has 1 fully saturated rings. The first-order valence-electron chi connectivity index (χ1n) is 12.4. The highest BCUT2D eigenvalue weighted by Gasteiger charge is 2.37. The largest absolute Gasteiger partial charge is 0.438 e. The van der Waals surface area contributed by atoms with Crippen molar-refractivity contribution in [1.82, 2.24) is 14.9 Å². The number of anilines is 1. The number of likely N-dealkylation sites (tertiary alicyclic amines) is 1. The van der Waals surface area contributed by atoms with E-state index in [9.17, 15) is 21.6 Å². The second-order valence-corrected chi connectivity index (χ2v) is 12.2. The van der Waals surface area contributed by atoms with E-state index in [1.54, 1.807) is 19.9 Å². The minimum atomic E-state index is -4.73. The van der Waals surface area contributed by atoms with Gasteiger partial charge in [-0.2, -0.15) is 23.4 Å². The van der Waals surface area contributed by atoms with E-state index < -0.39 is 27.5 Å². The molecule has 8 nitrogen and oxygen atoms in total. The lowest BCUT2D eigenvalue weighted by Gasteiger charge is -2.32. The van der Waals surface area contributed by atoms with Crippen LogP contribution < -0.4 is 10.1 Å². The third-order valence-electron chi connectivity index (χ3n) is 6.61. The first kappa shape index (κ1) is 29.6. The van der Waals surface area contributed by atoms with E-state index in [1.807, 2.05) is 6.07 Å². The summed E-state index contributed by atoms with van der Waals surface area (Å²) in [4.78, 5) is 10.3. The zero-order valence-electron chi connectivity index (χ0n) is 22.0. The number of nitriles is 1. The Bertz CT molecular complexity index is 1540. The van der Waals surface area contributed by atoms with Crippen LogP contribution in [0.2, 0.25) is 5.02 Å². The van der Waals surface area contributed by atoms with Crippen LogP contribution in [-0.2, 0) is 22.6 Å². The van der Waals surface area contributed by atoms with Gasteiger partial charge in [0.15, 0.2) is 9.84 Å². The number of aromatic nitrogens is 2. The number of nitrogens with one attached hydrogen (secondary N) is 1. The van der Waals surface area contributed by atoms with Crippen LogP contribution in [0, 0.1) is 25.2 Å². The Labute approximate surface area is 235 Å². The van der Waals surface area contributed by atoms with Gasteiger partial charge in [-0.25, -0.2) is 13.4 Å². The molecule has 0 atom stereocenters. The Morgan fingerprint density at radius 2 is 1.82 bits per heavy atom. The molecule has 0 radical (unpaired) electrons. The molecule has 1 aromatic heterocycles. The van der Waals surface area contributed by atoms with Gasteiger partial charge in [-0.15, -0.1) is 0 Å². The summed E-state index contributed by atoms with van der Waals surface area (Å²) < 4.78 is 70.3. The fourth-order valence-electron chi connectivity index (χ4n) is 4.53. The molecule has 1 aliphatic rings. The average Bonchev–Trinajstić information content (AvgIpc) is 2.87. The highest BCUT2D eigenvalue weighted by atomic mass is 35.5. The van der Waals surface area contributed by atoms with Gasteiger partial charge in [0, 0.05) is 43.2 Å². The fourth-order valence-corrected chi connectivity index (χ4v) is 5.48. The van der Waals surface area contributed by atoms with E-state index in [1.165, 1.54) is 24.3 Å². The van der Waals surface area contributed by atoms with Gasteiger partial charge >= 0.3 is 6.18 Å². The lowest BCUT2D eigenvalue weighted by atomic mass is 10.0. The molecule has 2 heterocycles. The van der Waals surface area contributed by atoms with Crippen LogP contribution in [0.3, 0.4) is 0 Å². The van der Waals surface area contributed by atoms with Gasteiger partial charge in [0.25, 0.3) is 0 Å². The van der Waals surface area contributed by atoms with Crippen molar-refractivity contribution < 1.29 is 26.3 Å². The van der Waals surface area contributed by atoms with Gasteiger partial charge in [0.05, 0.1) is 16.5 Å². The third-order valence-corrected chi connectivity index (χ3v) is 8.08. The molecule has 4 rings (SSSR count). The quantitative estimate of drug-likeness (QED) is 0.360. The van der Waals surface area contributed by atoms with Crippen LogP contribution >= 0.6 is 11.6 Å². The van der Waals surface area contributed by atoms with Crippen molar-refractivity contribution in [2.75, 3.05) is 24.7 Å². The monoisotopic (exact) mass is 593 g/mol. The molecule has 2 aromatic carbocycles. The normalized spacial score (nSPS) is 15.1. The number of alkyl halides is 3. The van der Waals surface area contributed by atoms with Gasteiger partial charge in [0.2, 0.25) is 11.8 Å². The molecule has 0 spiro atoms. The topological polar surface area (TPSA) is 108 Å².